The van der Waals surface area contributed by atoms with Gasteiger partial charge in [0.25, 0.3) is 5.91 Å². The van der Waals surface area contributed by atoms with Crippen molar-refractivity contribution in [3.8, 4) is 0 Å². The van der Waals surface area contributed by atoms with Crippen LogP contribution in [-0.2, 0) is 0 Å². The minimum absolute atomic E-state index is 0.252. The van der Waals surface area contributed by atoms with Crippen LogP contribution in [0.4, 0.5) is 10.8 Å². The van der Waals surface area contributed by atoms with Gasteiger partial charge in [0.2, 0.25) is 10.1 Å². The summed E-state index contributed by atoms with van der Waals surface area (Å²) >= 11 is 4.41. The van der Waals surface area contributed by atoms with Crippen LogP contribution in [-0.4, -0.2) is 16.1 Å². The molecule has 1 aromatic carbocycles. The maximum absolute atomic E-state index is 11.8. The predicted molar refractivity (Wildman–Crippen MR) is 71.2 cm³/mol. The number of aryl methyl sites for hydroxylation is 1. The second-order valence-electron chi connectivity index (χ2n) is 3.36. The van der Waals surface area contributed by atoms with Crippen molar-refractivity contribution in [2.75, 3.05) is 11.1 Å². The van der Waals surface area contributed by atoms with Gasteiger partial charge in [0.15, 0.2) is 0 Å². The number of benzene rings is 1. The van der Waals surface area contributed by atoms with Crippen molar-refractivity contribution >= 4 is 44.0 Å². The molecule has 1 amide bonds. The maximum atomic E-state index is 11.8. The van der Waals surface area contributed by atoms with Crippen molar-refractivity contribution in [1.29, 1.82) is 0 Å². The number of hydrogen-bond acceptors (Lipinski definition) is 5. The van der Waals surface area contributed by atoms with Gasteiger partial charge in [0.1, 0.15) is 0 Å². The molecule has 0 unspecified atom stereocenters. The third-order valence-corrected chi connectivity index (χ3v) is 3.33. The quantitative estimate of drug-likeness (QED) is 0.892. The molecular weight excluding hydrogens is 304 g/mol. The largest absolute Gasteiger partial charge is 0.374 e. The molecule has 17 heavy (non-hydrogen) atoms. The molecular formula is C10H9BrN4OS. The van der Waals surface area contributed by atoms with Crippen LogP contribution in [0.1, 0.15) is 15.4 Å². The molecule has 0 aliphatic rings. The number of nitrogens with two attached hydrogens (primary N) is 1. The first-order valence-corrected chi connectivity index (χ1v) is 6.33. The highest BCUT2D eigenvalue weighted by Crippen LogP contribution is 2.22. The normalized spacial score (nSPS) is 10.2. The summed E-state index contributed by atoms with van der Waals surface area (Å²) in [6.45, 7) is 1.91. The van der Waals surface area contributed by atoms with Gasteiger partial charge < -0.3 is 11.1 Å². The van der Waals surface area contributed by atoms with Gasteiger partial charge in [-0.05, 0) is 24.6 Å². The zero-order chi connectivity index (χ0) is 12.4. The average molecular weight is 313 g/mol. The summed E-state index contributed by atoms with van der Waals surface area (Å²) in [6.07, 6.45) is 0. The summed E-state index contributed by atoms with van der Waals surface area (Å²) < 4.78 is 0.898. The van der Waals surface area contributed by atoms with Gasteiger partial charge in [-0.25, -0.2) is 0 Å². The smallest absolute Gasteiger partial charge is 0.286 e. The highest BCUT2D eigenvalue weighted by molar-refractivity contribution is 9.10. The molecule has 0 atom stereocenters. The average Bonchev–Trinajstić information content (AvgIpc) is 2.70. The van der Waals surface area contributed by atoms with Crippen LogP contribution >= 0.6 is 27.3 Å². The van der Waals surface area contributed by atoms with Crippen molar-refractivity contribution in [3.05, 3.63) is 33.2 Å². The molecule has 0 fully saturated rings. The molecule has 2 rings (SSSR count). The highest BCUT2D eigenvalue weighted by Gasteiger charge is 2.12. The Morgan fingerprint density at radius 1 is 1.47 bits per heavy atom. The first kappa shape index (κ1) is 12.0. The summed E-state index contributed by atoms with van der Waals surface area (Å²) in [5.74, 6) is -0.305. The zero-order valence-corrected chi connectivity index (χ0v) is 11.3. The monoisotopic (exact) mass is 312 g/mol. The fourth-order valence-corrected chi connectivity index (χ4v) is 2.10. The Balaban J connectivity index is 2.21. The summed E-state index contributed by atoms with van der Waals surface area (Å²) in [6, 6.07) is 5.65. The number of halogens is 1. The minimum Gasteiger partial charge on any atom is -0.374 e. The summed E-state index contributed by atoms with van der Waals surface area (Å²) in [4.78, 5) is 11.8. The van der Waals surface area contributed by atoms with Gasteiger partial charge in [-0.3, -0.25) is 4.79 Å². The number of carbonyl (C=O) groups excluding carboxylic acids is 1. The predicted octanol–water partition coefficient (Wildman–Crippen LogP) is 2.44. The van der Waals surface area contributed by atoms with Crippen molar-refractivity contribution in [2.24, 2.45) is 0 Å². The Bertz CT molecular complexity index is 569. The molecule has 0 aliphatic heterocycles. The molecule has 2 aromatic rings. The van der Waals surface area contributed by atoms with E-state index in [0.29, 0.717) is 0 Å². The molecule has 0 radical (unpaired) electrons. The standard InChI is InChI=1S/C10H9BrN4OS/c1-5-2-3-6(11)4-7(5)13-8(16)9-14-15-10(12)17-9/h2-4H,1H3,(H2,12,15)(H,13,16). The number of rotatable bonds is 2. The SMILES string of the molecule is Cc1ccc(Br)cc1NC(=O)c1nnc(N)s1. The van der Waals surface area contributed by atoms with Crippen molar-refractivity contribution in [1.82, 2.24) is 10.2 Å². The molecule has 7 heteroatoms. The summed E-state index contributed by atoms with van der Waals surface area (Å²) in [7, 11) is 0. The van der Waals surface area contributed by atoms with Crippen LogP contribution in [0.25, 0.3) is 0 Å². The Labute approximate surface area is 110 Å². The topological polar surface area (TPSA) is 80.9 Å². The van der Waals surface area contributed by atoms with Gasteiger partial charge in [0.05, 0.1) is 0 Å². The minimum atomic E-state index is -0.305. The molecule has 0 saturated carbocycles. The lowest BCUT2D eigenvalue weighted by Gasteiger charge is -2.06. The number of amides is 1. The van der Waals surface area contributed by atoms with E-state index in [1.165, 1.54) is 0 Å². The third kappa shape index (κ3) is 2.80. The Morgan fingerprint density at radius 3 is 2.88 bits per heavy atom. The van der Waals surface area contributed by atoms with Gasteiger partial charge in [-0.1, -0.05) is 33.3 Å². The van der Waals surface area contributed by atoms with E-state index >= 15 is 0 Å². The molecule has 1 heterocycles. The van der Waals surface area contributed by atoms with Crippen LogP contribution in [0.2, 0.25) is 0 Å². The number of carbonyl (C=O) groups is 1. The van der Waals surface area contributed by atoms with Crippen molar-refractivity contribution in [3.63, 3.8) is 0 Å². The molecule has 0 bridgehead atoms. The van der Waals surface area contributed by atoms with Crippen LogP contribution in [0, 0.1) is 6.92 Å². The first-order chi connectivity index (χ1) is 8.06. The number of aromatic nitrogens is 2. The lowest BCUT2D eigenvalue weighted by atomic mass is 10.2. The third-order valence-electron chi connectivity index (χ3n) is 2.08. The van der Waals surface area contributed by atoms with Crippen molar-refractivity contribution in [2.45, 2.75) is 6.92 Å². The summed E-state index contributed by atoms with van der Waals surface area (Å²) in [5.41, 5.74) is 7.13. The maximum Gasteiger partial charge on any atom is 0.286 e. The Morgan fingerprint density at radius 2 is 2.24 bits per heavy atom. The van der Waals surface area contributed by atoms with Gasteiger partial charge >= 0.3 is 0 Å². The number of nitrogen functional groups attached to an aromatic ring is 1. The number of nitrogens with zero attached hydrogens (tertiary/aromatic N) is 2. The van der Waals surface area contributed by atoms with Gasteiger partial charge in [-0.2, -0.15) is 0 Å². The number of nitrogens with one attached hydrogen (secondary N) is 1. The molecule has 1 aromatic heterocycles. The summed E-state index contributed by atoms with van der Waals surface area (Å²) in [5, 5.41) is 10.6. The number of hydrogen-bond donors (Lipinski definition) is 2. The van der Waals surface area contributed by atoms with E-state index in [1.54, 1.807) is 0 Å². The van der Waals surface area contributed by atoms with E-state index in [9.17, 15) is 4.79 Å². The zero-order valence-electron chi connectivity index (χ0n) is 8.90. The fraction of sp³-hybridized carbons (Fsp3) is 0.100. The van der Waals surface area contributed by atoms with Crippen molar-refractivity contribution < 1.29 is 4.79 Å². The van der Waals surface area contributed by atoms with E-state index in [2.05, 4.69) is 31.4 Å². The fourth-order valence-electron chi connectivity index (χ4n) is 1.23. The first-order valence-electron chi connectivity index (χ1n) is 4.73. The van der Waals surface area contributed by atoms with E-state index in [4.69, 9.17) is 5.73 Å². The van der Waals surface area contributed by atoms with E-state index in [0.717, 1.165) is 27.1 Å². The lowest BCUT2D eigenvalue weighted by Crippen LogP contribution is -2.12. The Kier molecular flexibility index (Phi) is 3.39. The molecule has 0 saturated heterocycles. The molecule has 0 spiro atoms. The molecule has 0 aliphatic carbocycles. The molecule has 88 valence electrons. The lowest BCUT2D eigenvalue weighted by molar-refractivity contribution is 0.102. The molecule has 5 nitrogen and oxygen atoms in total. The van der Waals surface area contributed by atoms with Gasteiger partial charge in [0, 0.05) is 10.2 Å². The number of anilines is 2. The van der Waals surface area contributed by atoms with E-state index < -0.39 is 0 Å². The second-order valence-corrected chi connectivity index (χ2v) is 5.28. The van der Waals surface area contributed by atoms with Crippen LogP contribution in [0.15, 0.2) is 22.7 Å². The van der Waals surface area contributed by atoms with Gasteiger partial charge in [-0.15, -0.1) is 10.2 Å². The second kappa shape index (κ2) is 4.80. The highest BCUT2D eigenvalue weighted by atomic mass is 79.9. The Hall–Kier alpha value is -1.47. The van der Waals surface area contributed by atoms with E-state index in [-0.39, 0.29) is 16.0 Å². The van der Waals surface area contributed by atoms with Crippen LogP contribution in [0.5, 0.6) is 0 Å². The van der Waals surface area contributed by atoms with Crippen LogP contribution < -0.4 is 11.1 Å². The van der Waals surface area contributed by atoms with E-state index in [1.807, 2.05) is 25.1 Å². The molecule has 3 N–H and O–H groups in total. The van der Waals surface area contributed by atoms with Crippen LogP contribution in [0.3, 0.4) is 0 Å².